The third-order valence-corrected chi connectivity index (χ3v) is 22.3. The summed E-state index contributed by atoms with van der Waals surface area (Å²) in [6.45, 7) is 19.6. The summed E-state index contributed by atoms with van der Waals surface area (Å²) in [5.41, 5.74) is 31.1. The summed E-state index contributed by atoms with van der Waals surface area (Å²) in [4.78, 5) is 9.50. The van der Waals surface area contributed by atoms with Crippen LogP contribution in [0.15, 0.2) is 322 Å². The van der Waals surface area contributed by atoms with Gasteiger partial charge in [-0.25, -0.2) is 0 Å². The highest BCUT2D eigenvalue weighted by atomic mass is 15.2. The Bertz CT molecular complexity index is 4390. The van der Waals surface area contributed by atoms with E-state index in [2.05, 4.69) is 403 Å². The molecule has 13 aromatic carbocycles. The molecule has 4 heteroatoms. The molecule has 514 valence electrons. The van der Waals surface area contributed by atoms with Gasteiger partial charge in [-0.1, -0.05) is 227 Å². The smallest absolute Gasteiger partial charge is 0.0461 e. The topological polar surface area (TPSA) is 13.0 Å². The maximum Gasteiger partial charge on any atom is 0.0461 e. The molecule has 0 unspecified atom stereocenters. The van der Waals surface area contributed by atoms with Gasteiger partial charge in [-0.05, 0) is 292 Å². The second-order valence-electron chi connectivity index (χ2n) is 29.7. The van der Waals surface area contributed by atoms with Crippen LogP contribution < -0.4 is 19.6 Å². The Morgan fingerprint density at radius 2 is 0.369 bits per heavy atom. The van der Waals surface area contributed by atoms with E-state index in [9.17, 15) is 0 Å². The van der Waals surface area contributed by atoms with E-state index in [-0.39, 0.29) is 10.8 Å². The van der Waals surface area contributed by atoms with Crippen molar-refractivity contribution in [1.82, 2.24) is 0 Å². The Morgan fingerprint density at radius 1 is 0.204 bits per heavy atom. The fourth-order valence-electron chi connectivity index (χ4n) is 16.0. The Morgan fingerprint density at radius 3 is 0.553 bits per heavy atom. The van der Waals surface area contributed by atoms with Crippen LogP contribution in [0.2, 0.25) is 0 Å². The molecule has 0 saturated heterocycles. The molecule has 2 saturated carbocycles. The number of aryl methyl sites for hydroxylation is 8. The lowest BCUT2D eigenvalue weighted by atomic mass is 9.62. The molecule has 0 bridgehead atoms. The fourth-order valence-corrected chi connectivity index (χ4v) is 16.0. The molecule has 0 aliphatic heterocycles. The minimum Gasteiger partial charge on any atom is -0.311 e. The van der Waals surface area contributed by atoms with Gasteiger partial charge in [-0.2, -0.15) is 0 Å². The summed E-state index contributed by atoms with van der Waals surface area (Å²) in [6, 6.07) is 120. The molecule has 0 heterocycles. The average molecular weight is 1340 g/mol. The molecular weight excluding hydrogens is 1250 g/mol. The fraction of sp³-hybridized carbons (Fsp3) is 0.212. The van der Waals surface area contributed by atoms with Gasteiger partial charge in [0.25, 0.3) is 0 Å². The summed E-state index contributed by atoms with van der Waals surface area (Å²) >= 11 is 0. The van der Waals surface area contributed by atoms with E-state index in [4.69, 9.17) is 0 Å². The standard InChI is InChI=1S/C52H50N2.C47H48N2/c1-38-10-22-46(23-11-38)53(47-24-12-39(2)13-25-47)50-30-18-44(19-31-50)52(36-34-43(35-37-52)42-8-6-5-7-9-42)45-20-32-51(33-21-45)54(48-26-14-40(3)15-27-48)49-28-16-41(4)17-29-49;1-34-6-18-41(19-7-34)48(42-20-8-35(2)9-21-42)45-26-14-39(15-27-45)47(32-30-38(5)31-33-47)40-16-28-46(29-17-40)49(43-22-10-36(3)11-23-43)44-24-12-37(4)13-25-44/h5-33,43H,34-37H2,1-4H3;6-29,38H,30-33H2,1-5H3. The molecule has 4 nitrogen and oxygen atoms in total. The highest BCUT2D eigenvalue weighted by Crippen LogP contribution is 2.52. The van der Waals surface area contributed by atoms with Crippen LogP contribution in [0, 0.1) is 61.3 Å². The van der Waals surface area contributed by atoms with Crippen LogP contribution in [-0.4, -0.2) is 0 Å². The summed E-state index contributed by atoms with van der Waals surface area (Å²) in [7, 11) is 0. The molecular formula is C99H98N4. The van der Waals surface area contributed by atoms with Crippen molar-refractivity contribution in [3.05, 3.63) is 394 Å². The van der Waals surface area contributed by atoms with E-state index in [0.717, 1.165) is 67.2 Å². The maximum absolute atomic E-state index is 2.41. The predicted octanol–water partition coefficient (Wildman–Crippen LogP) is 27.9. The number of hydrogen-bond acceptors (Lipinski definition) is 4. The van der Waals surface area contributed by atoms with Gasteiger partial charge in [0.1, 0.15) is 0 Å². The van der Waals surface area contributed by atoms with Crippen LogP contribution in [0.25, 0.3) is 0 Å². The van der Waals surface area contributed by atoms with E-state index in [1.807, 2.05) is 0 Å². The van der Waals surface area contributed by atoms with E-state index >= 15 is 0 Å². The van der Waals surface area contributed by atoms with Crippen LogP contribution in [0.5, 0.6) is 0 Å². The van der Waals surface area contributed by atoms with Gasteiger partial charge in [-0.15, -0.1) is 0 Å². The predicted molar refractivity (Wildman–Crippen MR) is 439 cm³/mol. The molecule has 15 rings (SSSR count). The van der Waals surface area contributed by atoms with Crippen molar-refractivity contribution in [3.8, 4) is 0 Å². The SMILES string of the molecule is Cc1ccc(N(c2ccc(C)cc2)c2ccc(C3(c4ccc(N(c5ccc(C)cc5)c5ccc(C)cc5)cc4)CCC(C)CC3)cc2)cc1.Cc1ccc(N(c2ccc(C)cc2)c2ccc(C3(c4ccc(N(c5ccc(C)cc5)c5ccc(C)cc5)cc4)CCC(c4ccccc4)CC3)cc2)cc1. The summed E-state index contributed by atoms with van der Waals surface area (Å²) in [5.74, 6) is 1.33. The highest BCUT2D eigenvalue weighted by molar-refractivity contribution is 5.81. The van der Waals surface area contributed by atoms with E-state index < -0.39 is 0 Å². The number of anilines is 12. The lowest BCUT2D eigenvalue weighted by molar-refractivity contribution is 0.280. The van der Waals surface area contributed by atoms with Crippen LogP contribution in [-0.2, 0) is 10.8 Å². The Hall–Kier alpha value is -10.9. The molecule has 0 amide bonds. The molecule has 2 aliphatic rings. The van der Waals surface area contributed by atoms with Crippen molar-refractivity contribution in [3.63, 3.8) is 0 Å². The van der Waals surface area contributed by atoms with Gasteiger partial charge in [0.05, 0.1) is 0 Å². The number of rotatable bonds is 17. The second kappa shape index (κ2) is 30.7. The van der Waals surface area contributed by atoms with E-state index in [0.29, 0.717) is 5.92 Å². The highest BCUT2D eigenvalue weighted by Gasteiger charge is 2.40. The molecule has 0 atom stereocenters. The lowest BCUT2D eigenvalue weighted by Gasteiger charge is -2.42. The first-order valence-corrected chi connectivity index (χ1v) is 37.4. The summed E-state index contributed by atoms with van der Waals surface area (Å²) in [6.07, 6.45) is 9.31. The zero-order chi connectivity index (χ0) is 71.0. The molecule has 2 fully saturated rings. The van der Waals surface area contributed by atoms with Crippen LogP contribution in [0.3, 0.4) is 0 Å². The zero-order valence-electron chi connectivity index (χ0n) is 61.7. The quantitative estimate of drug-likeness (QED) is 0.0901. The van der Waals surface area contributed by atoms with Gasteiger partial charge in [0, 0.05) is 79.1 Å². The first-order chi connectivity index (χ1) is 50.1. The largest absolute Gasteiger partial charge is 0.311 e. The number of nitrogens with zero attached hydrogens (tertiary/aromatic N) is 4. The van der Waals surface area contributed by atoms with Gasteiger partial charge in [-0.3, -0.25) is 0 Å². The van der Waals surface area contributed by atoms with E-state index in [1.54, 1.807) is 0 Å². The number of benzene rings is 13. The summed E-state index contributed by atoms with van der Waals surface area (Å²) < 4.78 is 0. The van der Waals surface area contributed by atoms with Gasteiger partial charge >= 0.3 is 0 Å². The first-order valence-electron chi connectivity index (χ1n) is 37.4. The third-order valence-electron chi connectivity index (χ3n) is 22.3. The monoisotopic (exact) mass is 1340 g/mol. The Kier molecular flexibility index (Phi) is 20.6. The summed E-state index contributed by atoms with van der Waals surface area (Å²) in [5, 5.41) is 0. The average Bonchev–Trinajstić information content (AvgIpc) is 0.760. The minimum atomic E-state index is -0.0839. The molecule has 0 radical (unpaired) electrons. The molecule has 0 aromatic heterocycles. The van der Waals surface area contributed by atoms with Crippen LogP contribution in [0.1, 0.15) is 137 Å². The van der Waals surface area contributed by atoms with Crippen molar-refractivity contribution in [2.24, 2.45) is 5.92 Å². The third kappa shape index (κ3) is 15.3. The van der Waals surface area contributed by atoms with Crippen molar-refractivity contribution in [2.45, 2.75) is 130 Å². The lowest BCUT2D eigenvalue weighted by Crippen LogP contribution is -2.32. The van der Waals surface area contributed by atoms with Crippen molar-refractivity contribution < 1.29 is 0 Å². The molecule has 0 N–H and O–H groups in total. The Labute approximate surface area is 614 Å². The molecule has 103 heavy (non-hydrogen) atoms. The molecule has 0 spiro atoms. The number of hydrogen-bond donors (Lipinski definition) is 0. The first kappa shape index (κ1) is 69.2. The maximum atomic E-state index is 2.41. The second-order valence-corrected chi connectivity index (χ2v) is 29.7. The van der Waals surface area contributed by atoms with Crippen molar-refractivity contribution >= 4 is 68.2 Å². The van der Waals surface area contributed by atoms with Gasteiger partial charge in [0.2, 0.25) is 0 Å². The molecule has 2 aliphatic carbocycles. The van der Waals surface area contributed by atoms with E-state index in [1.165, 1.54) is 131 Å². The zero-order valence-corrected chi connectivity index (χ0v) is 61.7. The normalized spacial score (nSPS) is 14.2. The van der Waals surface area contributed by atoms with Crippen LogP contribution in [0.4, 0.5) is 68.2 Å². The Balaban J connectivity index is 0.000000175. The molecule has 13 aromatic rings. The van der Waals surface area contributed by atoms with Crippen molar-refractivity contribution in [1.29, 1.82) is 0 Å². The van der Waals surface area contributed by atoms with Gasteiger partial charge < -0.3 is 19.6 Å². The van der Waals surface area contributed by atoms with Crippen LogP contribution >= 0.6 is 0 Å². The minimum absolute atomic E-state index is 0.0132. The van der Waals surface area contributed by atoms with Crippen molar-refractivity contribution in [2.75, 3.05) is 19.6 Å². The van der Waals surface area contributed by atoms with Gasteiger partial charge in [0.15, 0.2) is 0 Å².